The van der Waals surface area contributed by atoms with Crippen molar-refractivity contribution in [2.45, 2.75) is 64.5 Å². The number of esters is 1. The SMILES string of the molecule is Cc1ccn(-c2cc(Cl)ccc2[C@@H](Oc2cc(N3CCC4(CC3)CN[C@H](C(=O)OC(C)C)C4)nc(N)n2)C(F)(F)F)n1. The average molecular weight is 608 g/mol. The predicted octanol–water partition coefficient (Wildman–Crippen LogP) is 4.79. The summed E-state index contributed by atoms with van der Waals surface area (Å²) in [6.07, 6.45) is -3.63. The number of aromatic nitrogens is 4. The Morgan fingerprint density at radius 3 is 2.57 bits per heavy atom. The van der Waals surface area contributed by atoms with Crippen LogP contribution in [-0.4, -0.2) is 63.7 Å². The first kappa shape index (κ1) is 29.9. The molecule has 3 N–H and O–H groups in total. The van der Waals surface area contributed by atoms with E-state index in [1.54, 1.807) is 19.2 Å². The second-order valence-electron chi connectivity index (χ2n) is 11.2. The van der Waals surface area contributed by atoms with Gasteiger partial charge in [0.15, 0.2) is 0 Å². The Kier molecular flexibility index (Phi) is 8.26. The maximum atomic E-state index is 14.5. The van der Waals surface area contributed by atoms with E-state index >= 15 is 0 Å². The molecule has 4 heterocycles. The van der Waals surface area contributed by atoms with Crippen molar-refractivity contribution in [2.24, 2.45) is 5.41 Å². The first-order chi connectivity index (χ1) is 19.8. The lowest BCUT2D eigenvalue weighted by Gasteiger charge is -2.39. The maximum absolute atomic E-state index is 14.5. The monoisotopic (exact) mass is 607 g/mol. The predicted molar refractivity (Wildman–Crippen MR) is 151 cm³/mol. The van der Waals surface area contributed by atoms with Crippen molar-refractivity contribution in [3.63, 3.8) is 0 Å². The van der Waals surface area contributed by atoms with Gasteiger partial charge >= 0.3 is 12.1 Å². The standard InChI is InChI=1S/C28H33ClF3N7O3/c1-16(2)41-25(40)20-14-27(15-34-20)7-10-38(11-8-27)22-13-23(36-26(33)35-22)42-24(28(30,31)32)19-5-4-18(29)12-21(19)39-9-6-17(3)37-39/h4-6,9,12-13,16,20,24,34H,7-8,10-11,14-15H2,1-3H3,(H2,33,35,36)/t20-,24+/m0/s1. The highest BCUT2D eigenvalue weighted by Crippen LogP contribution is 2.42. The van der Waals surface area contributed by atoms with Gasteiger partial charge < -0.3 is 25.4 Å². The molecular formula is C28H33ClF3N7O3. The molecule has 0 bridgehead atoms. The van der Waals surface area contributed by atoms with E-state index in [1.807, 2.05) is 18.7 Å². The van der Waals surface area contributed by atoms with Crippen molar-refractivity contribution in [3.05, 3.63) is 52.8 Å². The Hall–Kier alpha value is -3.58. The summed E-state index contributed by atoms with van der Waals surface area (Å²) in [5, 5.41) is 7.79. The number of benzene rings is 1. The van der Waals surface area contributed by atoms with Crippen LogP contribution in [0.25, 0.3) is 5.69 Å². The Bertz CT molecular complexity index is 1440. The van der Waals surface area contributed by atoms with Gasteiger partial charge in [-0.3, -0.25) is 4.79 Å². The van der Waals surface area contributed by atoms with Gasteiger partial charge in [0.1, 0.15) is 11.9 Å². The number of anilines is 2. The normalized spacial score (nSPS) is 19.3. The van der Waals surface area contributed by atoms with E-state index in [9.17, 15) is 18.0 Å². The minimum atomic E-state index is -4.80. The summed E-state index contributed by atoms with van der Waals surface area (Å²) in [7, 11) is 0. The Morgan fingerprint density at radius 2 is 1.93 bits per heavy atom. The van der Waals surface area contributed by atoms with Gasteiger partial charge in [-0.1, -0.05) is 17.7 Å². The van der Waals surface area contributed by atoms with Crippen LogP contribution in [0.1, 0.15) is 50.5 Å². The van der Waals surface area contributed by atoms with Crippen LogP contribution in [0.3, 0.4) is 0 Å². The second kappa shape index (κ2) is 11.6. The van der Waals surface area contributed by atoms with Gasteiger partial charge in [-0.05, 0) is 63.6 Å². The van der Waals surface area contributed by atoms with Crippen molar-refractivity contribution in [2.75, 3.05) is 30.3 Å². The van der Waals surface area contributed by atoms with Crippen molar-refractivity contribution in [3.8, 4) is 11.6 Å². The molecule has 3 aromatic rings. The molecule has 2 aliphatic rings. The molecule has 10 nitrogen and oxygen atoms in total. The van der Waals surface area contributed by atoms with Crippen molar-refractivity contribution >= 4 is 29.3 Å². The number of piperidine rings is 1. The third-order valence-corrected chi connectivity index (χ3v) is 7.87. The van der Waals surface area contributed by atoms with Crippen LogP contribution in [0.15, 0.2) is 36.5 Å². The highest BCUT2D eigenvalue weighted by atomic mass is 35.5. The van der Waals surface area contributed by atoms with Gasteiger partial charge in [-0.2, -0.15) is 28.2 Å². The number of nitrogens with one attached hydrogen (secondary N) is 1. The largest absolute Gasteiger partial charge is 0.462 e. The molecule has 2 aliphatic heterocycles. The highest BCUT2D eigenvalue weighted by molar-refractivity contribution is 6.30. The first-order valence-corrected chi connectivity index (χ1v) is 14.1. The molecule has 42 heavy (non-hydrogen) atoms. The number of ether oxygens (including phenoxy) is 2. The molecule has 2 aromatic heterocycles. The van der Waals surface area contributed by atoms with Crippen LogP contribution in [0.2, 0.25) is 5.02 Å². The third-order valence-electron chi connectivity index (χ3n) is 7.63. The van der Waals surface area contributed by atoms with E-state index in [1.165, 1.54) is 28.9 Å². The lowest BCUT2D eigenvalue weighted by molar-refractivity contribution is -0.198. The van der Waals surface area contributed by atoms with Gasteiger partial charge in [-0.15, -0.1) is 0 Å². The van der Waals surface area contributed by atoms with Gasteiger partial charge in [0, 0.05) is 42.5 Å². The second-order valence-corrected chi connectivity index (χ2v) is 11.6. The van der Waals surface area contributed by atoms with Crippen molar-refractivity contribution in [1.82, 2.24) is 25.1 Å². The summed E-state index contributed by atoms with van der Waals surface area (Å²) in [5.41, 5.74) is 6.43. The minimum Gasteiger partial charge on any atom is -0.462 e. The molecule has 0 aliphatic carbocycles. The van der Waals surface area contributed by atoms with E-state index in [0.717, 1.165) is 12.8 Å². The number of carbonyl (C=O) groups is 1. The molecule has 1 spiro atoms. The number of hydrogen-bond acceptors (Lipinski definition) is 9. The summed E-state index contributed by atoms with van der Waals surface area (Å²) >= 11 is 6.14. The third kappa shape index (κ3) is 6.57. The fourth-order valence-electron chi connectivity index (χ4n) is 5.56. The molecule has 0 radical (unpaired) electrons. The summed E-state index contributed by atoms with van der Waals surface area (Å²) in [5.74, 6) is -0.395. The van der Waals surface area contributed by atoms with Gasteiger partial charge in [0.25, 0.3) is 0 Å². The molecular weight excluding hydrogens is 575 g/mol. The number of aryl methyl sites for hydroxylation is 1. The zero-order valence-electron chi connectivity index (χ0n) is 23.5. The summed E-state index contributed by atoms with van der Waals surface area (Å²) in [6.45, 7) is 7.20. The smallest absolute Gasteiger partial charge is 0.429 e. The number of halogens is 4. The van der Waals surface area contributed by atoms with Crippen molar-refractivity contribution < 1.29 is 27.4 Å². The zero-order valence-corrected chi connectivity index (χ0v) is 24.2. The molecule has 2 fully saturated rings. The maximum Gasteiger partial charge on any atom is 0.429 e. The number of carbonyl (C=O) groups excluding carboxylic acids is 1. The molecule has 1 aromatic carbocycles. The zero-order chi connectivity index (χ0) is 30.2. The molecule has 2 saturated heterocycles. The quantitative estimate of drug-likeness (QED) is 0.365. The number of alkyl halides is 3. The van der Waals surface area contributed by atoms with Gasteiger partial charge in [-0.25, -0.2) is 4.68 Å². The molecule has 2 atom stereocenters. The van der Waals surface area contributed by atoms with E-state index < -0.39 is 12.3 Å². The average Bonchev–Trinajstić information content (AvgIpc) is 3.53. The number of nitrogen functional groups attached to an aromatic ring is 1. The lowest BCUT2D eigenvalue weighted by atomic mass is 9.76. The van der Waals surface area contributed by atoms with Crippen LogP contribution >= 0.6 is 11.6 Å². The number of nitrogens with two attached hydrogens (primary N) is 1. The molecule has 226 valence electrons. The molecule has 0 saturated carbocycles. The molecule has 14 heteroatoms. The number of rotatable bonds is 7. The number of hydrogen-bond donors (Lipinski definition) is 2. The summed E-state index contributed by atoms with van der Waals surface area (Å²) in [4.78, 5) is 22.6. The molecule has 5 rings (SSSR count). The first-order valence-electron chi connectivity index (χ1n) is 13.7. The van der Waals surface area contributed by atoms with Crippen LogP contribution in [0.4, 0.5) is 24.9 Å². The lowest BCUT2D eigenvalue weighted by Crippen LogP contribution is -2.41. The summed E-state index contributed by atoms with van der Waals surface area (Å²) in [6, 6.07) is 6.73. The van der Waals surface area contributed by atoms with Crippen LogP contribution in [0.5, 0.6) is 5.88 Å². The van der Waals surface area contributed by atoms with Gasteiger partial charge in [0.2, 0.25) is 17.9 Å². The van der Waals surface area contributed by atoms with Crippen molar-refractivity contribution in [1.29, 1.82) is 0 Å². The topological polar surface area (TPSA) is 120 Å². The van der Waals surface area contributed by atoms with E-state index in [4.69, 9.17) is 26.8 Å². The fourth-order valence-corrected chi connectivity index (χ4v) is 5.72. The van der Waals surface area contributed by atoms with Crippen LogP contribution in [0, 0.1) is 12.3 Å². The van der Waals surface area contributed by atoms with E-state index in [0.29, 0.717) is 37.6 Å². The summed E-state index contributed by atoms with van der Waals surface area (Å²) < 4.78 is 55.6. The fraction of sp³-hybridized carbons (Fsp3) is 0.500. The van der Waals surface area contributed by atoms with Crippen LogP contribution in [-0.2, 0) is 9.53 Å². The number of nitrogens with zero attached hydrogens (tertiary/aromatic N) is 5. The van der Waals surface area contributed by atoms with Gasteiger partial charge in [0.05, 0.1) is 17.5 Å². The molecule has 0 unspecified atom stereocenters. The highest BCUT2D eigenvalue weighted by Gasteiger charge is 2.46. The Labute approximate surface area is 246 Å². The van der Waals surface area contributed by atoms with E-state index in [-0.39, 0.29) is 51.6 Å². The Morgan fingerprint density at radius 1 is 1.19 bits per heavy atom. The Balaban J connectivity index is 1.35. The molecule has 0 amide bonds. The minimum absolute atomic E-state index is 0.0771. The van der Waals surface area contributed by atoms with E-state index in [2.05, 4.69) is 20.4 Å². The van der Waals surface area contributed by atoms with Crippen LogP contribution < -0.4 is 20.7 Å².